The lowest BCUT2D eigenvalue weighted by Gasteiger charge is -2.38. The first-order valence-corrected chi connectivity index (χ1v) is 8.38. The molecule has 1 saturated heterocycles. The summed E-state index contributed by atoms with van der Waals surface area (Å²) in [5, 5.41) is 0. The fourth-order valence-corrected chi connectivity index (χ4v) is 3.79. The summed E-state index contributed by atoms with van der Waals surface area (Å²) >= 11 is 0. The first-order valence-electron chi connectivity index (χ1n) is 8.38. The van der Waals surface area contributed by atoms with Crippen molar-refractivity contribution in [1.29, 1.82) is 0 Å². The summed E-state index contributed by atoms with van der Waals surface area (Å²) in [6, 6.07) is 16.2. The molecule has 0 radical (unpaired) electrons. The van der Waals surface area contributed by atoms with Crippen molar-refractivity contribution in [2.75, 3.05) is 20.2 Å². The second-order valence-electron chi connectivity index (χ2n) is 6.56. The van der Waals surface area contributed by atoms with Gasteiger partial charge in [0.25, 0.3) is 0 Å². The number of methoxy groups -OCH3 is 1. The van der Waals surface area contributed by atoms with Crippen LogP contribution in [0.2, 0.25) is 0 Å². The van der Waals surface area contributed by atoms with Gasteiger partial charge in [-0.15, -0.1) is 0 Å². The molecule has 4 nitrogen and oxygen atoms in total. The zero-order valence-corrected chi connectivity index (χ0v) is 13.8. The molecule has 0 saturated carbocycles. The first-order chi connectivity index (χ1) is 11.7. The molecule has 0 N–H and O–H groups in total. The Bertz CT molecular complexity index is 749. The smallest absolute Gasteiger partial charge is 0.339 e. The summed E-state index contributed by atoms with van der Waals surface area (Å²) in [5.74, 6) is 0.477. The predicted octanol–water partition coefficient (Wildman–Crippen LogP) is 3.36. The van der Waals surface area contributed by atoms with E-state index in [9.17, 15) is 4.79 Å². The Morgan fingerprint density at radius 1 is 1.12 bits per heavy atom. The van der Waals surface area contributed by atoms with Crippen LogP contribution in [0.1, 0.15) is 34.3 Å². The van der Waals surface area contributed by atoms with Crippen LogP contribution >= 0.6 is 0 Å². The summed E-state index contributed by atoms with van der Waals surface area (Å²) in [5.41, 5.74) is 2.55. The third-order valence-corrected chi connectivity index (χ3v) is 5.14. The van der Waals surface area contributed by atoms with E-state index in [0.717, 1.165) is 38.0 Å². The molecule has 4 heteroatoms. The van der Waals surface area contributed by atoms with Gasteiger partial charge in [0.15, 0.2) is 0 Å². The Morgan fingerprint density at radius 2 is 1.88 bits per heavy atom. The van der Waals surface area contributed by atoms with E-state index in [2.05, 4.69) is 29.2 Å². The molecule has 24 heavy (non-hydrogen) atoms. The highest BCUT2D eigenvalue weighted by Crippen LogP contribution is 2.45. The van der Waals surface area contributed by atoms with Gasteiger partial charge in [-0.2, -0.15) is 0 Å². The molecule has 0 atom stereocenters. The predicted molar refractivity (Wildman–Crippen MR) is 91.0 cm³/mol. The van der Waals surface area contributed by atoms with Crippen LogP contribution < -0.4 is 4.74 Å². The minimum Gasteiger partial charge on any atom is -0.497 e. The van der Waals surface area contributed by atoms with Crippen LogP contribution in [-0.4, -0.2) is 31.1 Å². The maximum atomic E-state index is 12.3. The Hall–Kier alpha value is -2.33. The van der Waals surface area contributed by atoms with Crippen LogP contribution in [0.25, 0.3) is 0 Å². The van der Waals surface area contributed by atoms with Crippen LogP contribution in [0.15, 0.2) is 48.5 Å². The Morgan fingerprint density at radius 3 is 2.58 bits per heavy atom. The molecule has 0 unspecified atom stereocenters. The quantitative estimate of drug-likeness (QED) is 0.812. The SMILES string of the molecule is COc1ccc2c(c1)C(=O)OC21CCN(Cc2ccccc2)CC1. The van der Waals surface area contributed by atoms with Crippen molar-refractivity contribution in [1.82, 2.24) is 4.90 Å². The first kappa shape index (κ1) is 15.2. The highest BCUT2D eigenvalue weighted by molar-refractivity contribution is 5.95. The van der Waals surface area contributed by atoms with Crippen molar-refractivity contribution < 1.29 is 14.3 Å². The number of hydrogen-bond donors (Lipinski definition) is 0. The Kier molecular flexibility index (Phi) is 3.77. The van der Waals surface area contributed by atoms with Crippen molar-refractivity contribution >= 4 is 5.97 Å². The molecule has 0 amide bonds. The number of benzene rings is 2. The van der Waals surface area contributed by atoms with E-state index < -0.39 is 5.60 Å². The Labute approximate surface area is 142 Å². The van der Waals surface area contributed by atoms with Crippen LogP contribution in [0, 0.1) is 0 Å². The van der Waals surface area contributed by atoms with Crippen LogP contribution in [0.4, 0.5) is 0 Å². The summed E-state index contributed by atoms with van der Waals surface area (Å²) in [6.45, 7) is 2.79. The van der Waals surface area contributed by atoms with Gasteiger partial charge < -0.3 is 9.47 Å². The number of esters is 1. The molecule has 2 aromatic carbocycles. The molecule has 2 aliphatic rings. The molecule has 2 aliphatic heterocycles. The minimum atomic E-state index is -0.453. The molecule has 1 fully saturated rings. The molecule has 0 aliphatic carbocycles. The van der Waals surface area contributed by atoms with Gasteiger partial charge in [0.1, 0.15) is 11.4 Å². The molecular formula is C20H21NO3. The molecule has 4 rings (SSSR count). The maximum Gasteiger partial charge on any atom is 0.339 e. The number of carbonyl (C=O) groups excluding carboxylic acids is 1. The molecular weight excluding hydrogens is 302 g/mol. The maximum absolute atomic E-state index is 12.3. The number of carbonyl (C=O) groups is 1. The van der Waals surface area contributed by atoms with Crippen molar-refractivity contribution in [3.05, 3.63) is 65.2 Å². The van der Waals surface area contributed by atoms with Gasteiger partial charge in [-0.1, -0.05) is 36.4 Å². The van der Waals surface area contributed by atoms with Crippen molar-refractivity contribution in [2.24, 2.45) is 0 Å². The summed E-state index contributed by atoms with van der Waals surface area (Å²) in [7, 11) is 1.61. The topological polar surface area (TPSA) is 38.8 Å². The summed E-state index contributed by atoms with van der Waals surface area (Å²) in [4.78, 5) is 14.7. The van der Waals surface area contributed by atoms with E-state index >= 15 is 0 Å². The second-order valence-corrected chi connectivity index (χ2v) is 6.56. The molecule has 2 aromatic rings. The number of nitrogens with zero attached hydrogens (tertiary/aromatic N) is 1. The third-order valence-electron chi connectivity index (χ3n) is 5.14. The molecule has 0 bridgehead atoms. The van der Waals surface area contributed by atoms with Gasteiger partial charge in [-0.25, -0.2) is 4.79 Å². The molecule has 124 valence electrons. The Balaban J connectivity index is 1.51. The highest BCUT2D eigenvalue weighted by Gasteiger charge is 2.47. The van der Waals surface area contributed by atoms with E-state index in [0.29, 0.717) is 11.3 Å². The van der Waals surface area contributed by atoms with Crippen molar-refractivity contribution in [3.63, 3.8) is 0 Å². The highest BCUT2D eigenvalue weighted by atomic mass is 16.6. The molecule has 0 aromatic heterocycles. The van der Waals surface area contributed by atoms with E-state index in [1.165, 1.54) is 5.56 Å². The van der Waals surface area contributed by atoms with E-state index in [4.69, 9.17) is 9.47 Å². The van der Waals surface area contributed by atoms with E-state index in [1.807, 2.05) is 18.2 Å². The van der Waals surface area contributed by atoms with E-state index in [-0.39, 0.29) is 5.97 Å². The number of fused-ring (bicyclic) bond motifs is 2. The zero-order valence-electron chi connectivity index (χ0n) is 13.8. The number of rotatable bonds is 3. The van der Waals surface area contributed by atoms with Crippen molar-refractivity contribution in [3.8, 4) is 5.75 Å². The average molecular weight is 323 g/mol. The van der Waals surface area contributed by atoms with Crippen LogP contribution in [-0.2, 0) is 16.9 Å². The molecule has 1 spiro atoms. The van der Waals surface area contributed by atoms with Crippen LogP contribution in [0.3, 0.4) is 0 Å². The fraction of sp³-hybridized carbons (Fsp3) is 0.350. The number of likely N-dealkylation sites (tertiary alicyclic amines) is 1. The van der Waals surface area contributed by atoms with Gasteiger partial charge in [-0.05, 0) is 17.7 Å². The third kappa shape index (κ3) is 2.57. The fourth-order valence-electron chi connectivity index (χ4n) is 3.79. The average Bonchev–Trinajstić information content (AvgIpc) is 2.89. The van der Waals surface area contributed by atoms with Gasteiger partial charge in [0.05, 0.1) is 12.7 Å². The summed E-state index contributed by atoms with van der Waals surface area (Å²) in [6.07, 6.45) is 1.68. The van der Waals surface area contributed by atoms with Gasteiger partial charge in [-0.3, -0.25) is 4.90 Å². The largest absolute Gasteiger partial charge is 0.497 e. The normalized spacial score (nSPS) is 19.1. The standard InChI is InChI=1S/C20H21NO3/c1-23-16-7-8-18-17(13-16)19(22)24-20(18)9-11-21(12-10-20)14-15-5-3-2-4-6-15/h2-8,13H,9-12,14H2,1H3. The monoisotopic (exact) mass is 323 g/mol. The van der Waals surface area contributed by atoms with E-state index in [1.54, 1.807) is 13.2 Å². The number of ether oxygens (including phenoxy) is 2. The lowest BCUT2D eigenvalue weighted by molar-refractivity contribution is -0.0440. The number of hydrogen-bond acceptors (Lipinski definition) is 4. The molecule has 2 heterocycles. The lowest BCUT2D eigenvalue weighted by Crippen LogP contribution is -2.42. The van der Waals surface area contributed by atoms with Crippen molar-refractivity contribution in [2.45, 2.75) is 25.0 Å². The lowest BCUT2D eigenvalue weighted by atomic mass is 9.83. The second kappa shape index (κ2) is 5.95. The van der Waals surface area contributed by atoms with Gasteiger partial charge >= 0.3 is 5.97 Å². The zero-order chi connectivity index (χ0) is 16.6. The van der Waals surface area contributed by atoms with Crippen LogP contribution in [0.5, 0.6) is 5.75 Å². The van der Waals surface area contributed by atoms with Gasteiger partial charge in [0.2, 0.25) is 0 Å². The summed E-state index contributed by atoms with van der Waals surface area (Å²) < 4.78 is 11.1. The van der Waals surface area contributed by atoms with Gasteiger partial charge in [0, 0.05) is 38.0 Å². The minimum absolute atomic E-state index is 0.222. The number of piperidine rings is 1.